The summed E-state index contributed by atoms with van der Waals surface area (Å²) in [6.07, 6.45) is 6.31. The lowest BCUT2D eigenvalue weighted by Gasteiger charge is -2.49. The molecule has 0 radical (unpaired) electrons. The Morgan fingerprint density at radius 3 is 1.29 bits per heavy atom. The first kappa shape index (κ1) is 23.8. The Balaban J connectivity index is 5.96. The maximum Gasteiger partial charge on any atom is 0.0917 e. The van der Waals surface area contributed by atoms with Crippen LogP contribution in [-0.2, 0) is 18.9 Å². The Morgan fingerprint density at radius 2 is 1.00 bits per heavy atom. The van der Waals surface area contributed by atoms with Gasteiger partial charge in [-0.2, -0.15) is 0 Å². The van der Waals surface area contributed by atoms with Crippen molar-refractivity contribution in [3.8, 4) is 0 Å². The van der Waals surface area contributed by atoms with Gasteiger partial charge in [-0.05, 0) is 25.7 Å². The van der Waals surface area contributed by atoms with Crippen molar-refractivity contribution in [1.29, 1.82) is 0 Å². The molecule has 0 aliphatic rings. The van der Waals surface area contributed by atoms with E-state index in [-0.39, 0.29) is 23.0 Å². The molecule has 0 N–H and O–H groups in total. The minimum atomic E-state index is -0.0509. The third kappa shape index (κ3) is 5.42. The van der Waals surface area contributed by atoms with E-state index >= 15 is 0 Å². The van der Waals surface area contributed by atoms with Crippen LogP contribution in [0.2, 0.25) is 0 Å². The van der Waals surface area contributed by atoms with E-state index in [0.29, 0.717) is 13.2 Å². The van der Waals surface area contributed by atoms with Crippen LogP contribution in [-0.4, -0.2) is 53.9 Å². The smallest absolute Gasteiger partial charge is 0.0917 e. The lowest BCUT2D eigenvalue weighted by molar-refractivity contribution is -0.181. The molecule has 0 aliphatic carbocycles. The summed E-state index contributed by atoms with van der Waals surface area (Å²) in [5.41, 5.74) is -0.0817. The van der Waals surface area contributed by atoms with Gasteiger partial charge in [-0.15, -0.1) is 0 Å². The van der Waals surface area contributed by atoms with Crippen LogP contribution in [0.1, 0.15) is 66.2 Å². The lowest BCUT2D eigenvalue weighted by atomic mass is 9.65. The molecule has 2 atom stereocenters. The molecule has 0 aromatic carbocycles. The monoisotopic (exact) mass is 346 g/mol. The largest absolute Gasteiger partial charge is 0.384 e. The van der Waals surface area contributed by atoms with Gasteiger partial charge in [0, 0.05) is 39.3 Å². The van der Waals surface area contributed by atoms with E-state index in [1.165, 1.54) is 0 Å². The van der Waals surface area contributed by atoms with Gasteiger partial charge in [-0.3, -0.25) is 0 Å². The number of methoxy groups -OCH3 is 4. The van der Waals surface area contributed by atoms with Crippen LogP contribution in [0.15, 0.2) is 0 Å². The summed E-state index contributed by atoms with van der Waals surface area (Å²) in [5, 5.41) is 0. The molecular formula is C20H42O4. The summed E-state index contributed by atoms with van der Waals surface area (Å²) < 4.78 is 23.5. The molecular weight excluding hydrogens is 304 g/mol. The molecule has 0 aromatic rings. The molecule has 0 fully saturated rings. The second-order valence-electron chi connectivity index (χ2n) is 7.11. The average Bonchev–Trinajstić information content (AvgIpc) is 2.58. The molecule has 0 aliphatic heterocycles. The van der Waals surface area contributed by atoms with Crippen LogP contribution in [0.25, 0.3) is 0 Å². The summed E-state index contributed by atoms with van der Waals surface area (Å²) in [4.78, 5) is 0. The molecule has 0 saturated heterocycles. The summed E-state index contributed by atoms with van der Waals surface area (Å²) in [5.74, 6) is 0. The second-order valence-corrected chi connectivity index (χ2v) is 7.11. The molecule has 2 unspecified atom stereocenters. The zero-order chi connectivity index (χ0) is 18.6. The van der Waals surface area contributed by atoms with Crippen molar-refractivity contribution in [3.63, 3.8) is 0 Å². The molecule has 146 valence electrons. The topological polar surface area (TPSA) is 36.9 Å². The van der Waals surface area contributed by atoms with E-state index in [0.717, 1.165) is 38.5 Å². The first-order valence-electron chi connectivity index (χ1n) is 9.54. The van der Waals surface area contributed by atoms with E-state index < -0.39 is 0 Å². The van der Waals surface area contributed by atoms with Crippen LogP contribution in [0.5, 0.6) is 0 Å². The first-order valence-corrected chi connectivity index (χ1v) is 9.54. The molecule has 0 heterocycles. The zero-order valence-corrected chi connectivity index (χ0v) is 17.4. The van der Waals surface area contributed by atoms with Crippen molar-refractivity contribution in [2.75, 3.05) is 41.7 Å². The number of hydrogen-bond acceptors (Lipinski definition) is 4. The molecule has 4 nitrogen and oxygen atoms in total. The molecule has 0 aromatic heterocycles. The normalized spacial score (nSPS) is 15.5. The van der Waals surface area contributed by atoms with Crippen LogP contribution in [0.4, 0.5) is 0 Å². The lowest BCUT2D eigenvalue weighted by Crippen LogP contribution is -2.56. The Labute approximate surface area is 150 Å². The third-order valence-electron chi connectivity index (χ3n) is 5.76. The van der Waals surface area contributed by atoms with E-state index in [2.05, 4.69) is 27.7 Å². The zero-order valence-electron chi connectivity index (χ0n) is 17.4. The highest BCUT2D eigenvalue weighted by Gasteiger charge is 2.50. The van der Waals surface area contributed by atoms with Crippen LogP contribution >= 0.6 is 0 Å². The predicted octanol–water partition coefficient (Wildman–Crippen LogP) is 4.70. The van der Waals surface area contributed by atoms with Crippen molar-refractivity contribution in [2.45, 2.75) is 78.4 Å². The minimum Gasteiger partial charge on any atom is -0.384 e. The number of hydrogen-bond donors (Lipinski definition) is 0. The Hall–Kier alpha value is -0.160. The summed E-state index contributed by atoms with van der Waals surface area (Å²) in [6, 6.07) is 0. The van der Waals surface area contributed by atoms with Crippen molar-refractivity contribution in [2.24, 2.45) is 10.8 Å². The van der Waals surface area contributed by atoms with E-state index in [4.69, 9.17) is 18.9 Å². The number of rotatable bonds is 15. The Bertz CT molecular complexity index is 285. The standard InChI is InChI=1S/C20H42O4/c1-9-13-20(14-10-2,16-22-6)18(24-8)17(23-7)19(11-3,12-4)15-21-5/h17-18H,9-16H2,1-8H3. The van der Waals surface area contributed by atoms with Gasteiger partial charge >= 0.3 is 0 Å². The van der Waals surface area contributed by atoms with Gasteiger partial charge in [0.05, 0.1) is 25.4 Å². The molecule has 0 amide bonds. The van der Waals surface area contributed by atoms with E-state index in [9.17, 15) is 0 Å². The summed E-state index contributed by atoms with van der Waals surface area (Å²) in [6.45, 7) is 10.3. The van der Waals surface area contributed by atoms with Crippen molar-refractivity contribution < 1.29 is 18.9 Å². The number of ether oxygens (including phenoxy) is 4. The molecule has 4 heteroatoms. The third-order valence-corrected chi connectivity index (χ3v) is 5.76. The molecule has 0 bridgehead atoms. The van der Waals surface area contributed by atoms with Crippen LogP contribution in [0.3, 0.4) is 0 Å². The van der Waals surface area contributed by atoms with Crippen LogP contribution in [0, 0.1) is 10.8 Å². The highest BCUT2D eigenvalue weighted by molar-refractivity contribution is 4.99. The van der Waals surface area contributed by atoms with Gasteiger partial charge in [0.25, 0.3) is 0 Å². The molecule has 0 saturated carbocycles. The second kappa shape index (κ2) is 12.2. The van der Waals surface area contributed by atoms with Gasteiger partial charge < -0.3 is 18.9 Å². The fraction of sp³-hybridized carbons (Fsp3) is 1.00. The van der Waals surface area contributed by atoms with Gasteiger partial charge in [0.2, 0.25) is 0 Å². The fourth-order valence-electron chi connectivity index (χ4n) is 4.53. The van der Waals surface area contributed by atoms with Gasteiger partial charge in [0.15, 0.2) is 0 Å². The minimum absolute atomic E-state index is 0.0163. The predicted molar refractivity (Wildman–Crippen MR) is 101 cm³/mol. The highest BCUT2D eigenvalue weighted by Crippen LogP contribution is 2.45. The Kier molecular flexibility index (Phi) is 12.2. The van der Waals surface area contributed by atoms with Crippen LogP contribution < -0.4 is 0 Å². The maximum atomic E-state index is 6.12. The van der Waals surface area contributed by atoms with E-state index in [1.807, 2.05) is 14.2 Å². The highest BCUT2D eigenvalue weighted by atomic mass is 16.5. The average molecular weight is 347 g/mol. The van der Waals surface area contributed by atoms with Crippen molar-refractivity contribution in [3.05, 3.63) is 0 Å². The van der Waals surface area contributed by atoms with Gasteiger partial charge in [-0.25, -0.2) is 0 Å². The van der Waals surface area contributed by atoms with Gasteiger partial charge in [-0.1, -0.05) is 40.5 Å². The summed E-state index contributed by atoms with van der Waals surface area (Å²) >= 11 is 0. The van der Waals surface area contributed by atoms with Crippen molar-refractivity contribution in [1.82, 2.24) is 0 Å². The Morgan fingerprint density at radius 1 is 0.625 bits per heavy atom. The first-order chi connectivity index (χ1) is 11.5. The molecule has 0 rings (SSSR count). The van der Waals surface area contributed by atoms with E-state index in [1.54, 1.807) is 14.2 Å². The SMILES string of the molecule is CCCC(CCC)(COC)C(OC)C(OC)C(CC)(CC)COC. The quantitative estimate of drug-likeness (QED) is 0.430. The summed E-state index contributed by atoms with van der Waals surface area (Å²) in [7, 11) is 7.18. The maximum absolute atomic E-state index is 6.12. The fourth-order valence-corrected chi connectivity index (χ4v) is 4.53. The molecule has 24 heavy (non-hydrogen) atoms. The van der Waals surface area contributed by atoms with Gasteiger partial charge in [0.1, 0.15) is 0 Å². The van der Waals surface area contributed by atoms with Crippen molar-refractivity contribution >= 4 is 0 Å². The molecule has 0 spiro atoms.